The molecule has 0 heterocycles. The minimum absolute atomic E-state index is 0.197. The van der Waals surface area contributed by atoms with Crippen molar-refractivity contribution in [3.05, 3.63) is 65.2 Å². The minimum Gasteiger partial charge on any atom is -0.355 e. The van der Waals surface area contributed by atoms with Gasteiger partial charge in [0.25, 0.3) is 0 Å². The molecule has 8 heteroatoms. The number of rotatable bonds is 10. The lowest BCUT2D eigenvalue weighted by Gasteiger charge is -2.31. The van der Waals surface area contributed by atoms with Crippen molar-refractivity contribution in [3.63, 3.8) is 0 Å². The highest BCUT2D eigenvalue weighted by Gasteiger charge is 2.29. The van der Waals surface area contributed by atoms with E-state index in [0.717, 1.165) is 27.3 Å². The third kappa shape index (κ3) is 7.32. The Kier molecular flexibility index (Phi) is 9.05. The van der Waals surface area contributed by atoms with E-state index in [2.05, 4.69) is 19.2 Å². The zero-order valence-electron chi connectivity index (χ0n) is 20.3. The topological polar surface area (TPSA) is 86.8 Å². The van der Waals surface area contributed by atoms with E-state index in [4.69, 9.17) is 0 Å². The zero-order valence-corrected chi connectivity index (χ0v) is 21.1. The van der Waals surface area contributed by atoms with E-state index in [1.54, 1.807) is 19.1 Å². The molecule has 180 valence electrons. The van der Waals surface area contributed by atoms with E-state index in [9.17, 15) is 18.0 Å². The largest absolute Gasteiger partial charge is 0.355 e. The van der Waals surface area contributed by atoms with E-state index in [1.165, 1.54) is 4.90 Å². The molecule has 33 heavy (non-hydrogen) atoms. The van der Waals surface area contributed by atoms with Gasteiger partial charge in [0.15, 0.2) is 0 Å². The predicted molar refractivity (Wildman–Crippen MR) is 133 cm³/mol. The van der Waals surface area contributed by atoms with Gasteiger partial charge in [-0.2, -0.15) is 0 Å². The van der Waals surface area contributed by atoms with Gasteiger partial charge in [-0.25, -0.2) is 8.42 Å². The summed E-state index contributed by atoms with van der Waals surface area (Å²) < 4.78 is 26.3. The van der Waals surface area contributed by atoms with Gasteiger partial charge in [0.2, 0.25) is 21.8 Å². The van der Waals surface area contributed by atoms with Gasteiger partial charge in [0.1, 0.15) is 12.6 Å². The van der Waals surface area contributed by atoms with E-state index < -0.39 is 28.5 Å². The molecule has 0 radical (unpaired) electrons. The van der Waals surface area contributed by atoms with Gasteiger partial charge in [-0.3, -0.25) is 13.9 Å². The average Bonchev–Trinajstić information content (AvgIpc) is 2.74. The van der Waals surface area contributed by atoms with Crippen LogP contribution in [0.2, 0.25) is 0 Å². The second-order valence-corrected chi connectivity index (χ2v) is 10.5. The number of hydrogen-bond acceptors (Lipinski definition) is 4. The summed E-state index contributed by atoms with van der Waals surface area (Å²) in [6.45, 7) is 9.77. The molecule has 1 atom stereocenters. The number of hydrogen-bond donors (Lipinski definition) is 1. The van der Waals surface area contributed by atoms with E-state index in [1.807, 2.05) is 50.2 Å². The maximum atomic E-state index is 13.4. The van der Waals surface area contributed by atoms with Crippen molar-refractivity contribution in [1.29, 1.82) is 0 Å². The lowest BCUT2D eigenvalue weighted by molar-refractivity contribution is -0.139. The third-order valence-electron chi connectivity index (χ3n) is 5.48. The normalized spacial score (nSPS) is 12.3. The first-order chi connectivity index (χ1) is 15.4. The van der Waals surface area contributed by atoms with Crippen LogP contribution in [0.15, 0.2) is 48.5 Å². The second kappa shape index (κ2) is 11.3. The van der Waals surface area contributed by atoms with Crippen LogP contribution in [0.25, 0.3) is 0 Å². The molecule has 0 aromatic heterocycles. The number of amides is 2. The summed E-state index contributed by atoms with van der Waals surface area (Å²) in [6.07, 6.45) is 1.08. The predicted octanol–water partition coefficient (Wildman–Crippen LogP) is 3.44. The molecule has 7 nitrogen and oxygen atoms in total. The number of carbonyl (C=O) groups is 2. The molecule has 2 aromatic carbocycles. The first-order valence-corrected chi connectivity index (χ1v) is 13.0. The molecule has 0 bridgehead atoms. The Labute approximate surface area is 197 Å². The van der Waals surface area contributed by atoms with Crippen LogP contribution >= 0.6 is 0 Å². The van der Waals surface area contributed by atoms with Crippen molar-refractivity contribution in [2.45, 2.75) is 53.1 Å². The Hall–Kier alpha value is -2.87. The molecule has 2 rings (SSSR count). The summed E-state index contributed by atoms with van der Waals surface area (Å²) >= 11 is 0. The Morgan fingerprint density at radius 2 is 1.67 bits per heavy atom. The number of sulfonamides is 1. The molecule has 0 aliphatic heterocycles. The molecule has 0 spiro atoms. The van der Waals surface area contributed by atoms with Crippen molar-refractivity contribution in [2.24, 2.45) is 0 Å². The Morgan fingerprint density at radius 3 is 2.18 bits per heavy atom. The Balaban J connectivity index is 2.37. The lowest BCUT2D eigenvalue weighted by atomic mass is 10.0. The maximum Gasteiger partial charge on any atom is 0.244 e. The molecular formula is C25H35N3O4S. The summed E-state index contributed by atoms with van der Waals surface area (Å²) in [4.78, 5) is 27.4. The molecule has 0 fully saturated rings. The van der Waals surface area contributed by atoms with Gasteiger partial charge in [-0.15, -0.1) is 0 Å². The molecule has 0 aliphatic carbocycles. The highest BCUT2D eigenvalue weighted by Crippen LogP contribution is 2.23. The Bertz CT molecular complexity index is 1070. The molecule has 0 saturated carbocycles. The van der Waals surface area contributed by atoms with Crippen LogP contribution in [0.5, 0.6) is 0 Å². The van der Waals surface area contributed by atoms with Gasteiger partial charge in [0.05, 0.1) is 11.9 Å². The number of likely N-dealkylation sites (N-methyl/N-ethyl adjacent to an activating group) is 1. The smallest absolute Gasteiger partial charge is 0.244 e. The summed E-state index contributed by atoms with van der Waals surface area (Å²) in [5.74, 6) is -0.436. The van der Waals surface area contributed by atoms with E-state index in [-0.39, 0.29) is 12.5 Å². The second-order valence-electron chi connectivity index (χ2n) is 8.60. The lowest BCUT2D eigenvalue weighted by Crippen LogP contribution is -2.51. The quantitative estimate of drug-likeness (QED) is 0.573. The number of nitrogens with zero attached hydrogens (tertiary/aromatic N) is 2. The minimum atomic E-state index is -3.73. The van der Waals surface area contributed by atoms with Gasteiger partial charge < -0.3 is 10.2 Å². The summed E-state index contributed by atoms with van der Waals surface area (Å²) in [6, 6.07) is 14.1. The van der Waals surface area contributed by atoms with Crippen LogP contribution in [-0.2, 0) is 26.2 Å². The molecule has 1 N–H and O–H groups in total. The number of aryl methyl sites for hydroxylation is 1. The molecule has 0 saturated heterocycles. The van der Waals surface area contributed by atoms with Crippen LogP contribution < -0.4 is 9.62 Å². The summed E-state index contributed by atoms with van der Waals surface area (Å²) in [7, 11) is -3.73. The summed E-state index contributed by atoms with van der Waals surface area (Å²) in [5.41, 5.74) is 3.39. The van der Waals surface area contributed by atoms with Crippen LogP contribution in [0.3, 0.4) is 0 Å². The fourth-order valence-electron chi connectivity index (χ4n) is 3.55. The number of anilines is 1. The number of carbonyl (C=O) groups excluding carboxylic acids is 2. The van der Waals surface area contributed by atoms with Gasteiger partial charge in [0, 0.05) is 13.1 Å². The summed E-state index contributed by atoms with van der Waals surface area (Å²) in [5, 5.41) is 2.75. The van der Waals surface area contributed by atoms with Crippen LogP contribution in [-0.4, -0.2) is 50.5 Å². The van der Waals surface area contributed by atoms with Crippen LogP contribution in [0, 0.1) is 6.92 Å². The maximum absolute atomic E-state index is 13.4. The van der Waals surface area contributed by atoms with Crippen molar-refractivity contribution < 1.29 is 18.0 Å². The third-order valence-corrected chi connectivity index (χ3v) is 6.62. The van der Waals surface area contributed by atoms with Crippen molar-refractivity contribution in [2.75, 3.05) is 23.7 Å². The molecule has 2 amide bonds. The fourth-order valence-corrected chi connectivity index (χ4v) is 4.40. The first-order valence-electron chi connectivity index (χ1n) is 11.1. The Morgan fingerprint density at radius 1 is 1.03 bits per heavy atom. The van der Waals surface area contributed by atoms with Crippen molar-refractivity contribution in [3.8, 4) is 0 Å². The van der Waals surface area contributed by atoms with Gasteiger partial charge in [-0.1, -0.05) is 55.8 Å². The fraction of sp³-hybridized carbons (Fsp3) is 0.440. The standard InChI is InChI=1S/C25H35N3O4S/c1-7-26-25(30)20(5)27(16-21-10-8-9-19(4)15-21)24(29)17-28(33(6,31)32)23-13-11-22(12-14-23)18(2)3/h8-15,18,20H,7,16-17H2,1-6H3,(H,26,30)/t20-/m0/s1. The SMILES string of the molecule is CCNC(=O)[C@H](C)N(Cc1cccc(C)c1)C(=O)CN(c1ccc(C(C)C)cc1)S(C)(=O)=O. The van der Waals surface area contributed by atoms with Crippen molar-refractivity contribution >= 4 is 27.5 Å². The monoisotopic (exact) mass is 473 g/mol. The molecule has 0 unspecified atom stereocenters. The van der Waals surface area contributed by atoms with Crippen molar-refractivity contribution in [1.82, 2.24) is 10.2 Å². The first kappa shape index (κ1) is 26.4. The van der Waals surface area contributed by atoms with Gasteiger partial charge in [-0.05, 0) is 49.9 Å². The highest BCUT2D eigenvalue weighted by molar-refractivity contribution is 7.92. The highest BCUT2D eigenvalue weighted by atomic mass is 32.2. The zero-order chi connectivity index (χ0) is 24.8. The number of benzene rings is 2. The number of nitrogens with one attached hydrogen (secondary N) is 1. The molecular weight excluding hydrogens is 438 g/mol. The van der Waals surface area contributed by atoms with E-state index >= 15 is 0 Å². The van der Waals surface area contributed by atoms with Crippen LogP contribution in [0.4, 0.5) is 5.69 Å². The molecule has 2 aromatic rings. The average molecular weight is 474 g/mol. The van der Waals surface area contributed by atoms with Gasteiger partial charge >= 0.3 is 0 Å². The van der Waals surface area contributed by atoms with E-state index in [0.29, 0.717) is 18.2 Å². The van der Waals surface area contributed by atoms with Crippen LogP contribution in [0.1, 0.15) is 50.3 Å². The molecule has 0 aliphatic rings.